The molecule has 0 aliphatic heterocycles. The van der Waals surface area contributed by atoms with E-state index < -0.39 is 18.0 Å². The maximum Gasteiger partial charge on any atom is 0.326 e. The average Bonchev–Trinajstić information content (AvgIpc) is 2.26. The summed E-state index contributed by atoms with van der Waals surface area (Å²) in [6.07, 6.45) is 2.01. The molecular weight excluding hydrogens is 220 g/mol. The van der Waals surface area contributed by atoms with Gasteiger partial charge in [0.05, 0.1) is 0 Å². The summed E-state index contributed by atoms with van der Waals surface area (Å²) in [7, 11) is 0. The van der Waals surface area contributed by atoms with Crippen LogP contribution < -0.4 is 10.6 Å². The fourth-order valence-corrected chi connectivity index (χ4v) is 1.52. The summed E-state index contributed by atoms with van der Waals surface area (Å²) < 4.78 is 0. The molecule has 0 aromatic rings. The number of nitrogens with one attached hydrogen (secondary N) is 2. The van der Waals surface area contributed by atoms with Crippen LogP contribution in [-0.2, 0) is 4.79 Å². The lowest BCUT2D eigenvalue weighted by molar-refractivity contribution is -0.140. The van der Waals surface area contributed by atoms with Crippen LogP contribution in [-0.4, -0.2) is 29.7 Å². The molecule has 0 spiro atoms. The smallest absolute Gasteiger partial charge is 0.326 e. The number of carboxylic acids is 1. The van der Waals surface area contributed by atoms with Crippen molar-refractivity contribution in [3.8, 4) is 0 Å². The monoisotopic (exact) mass is 244 g/mol. The van der Waals surface area contributed by atoms with E-state index in [4.69, 9.17) is 5.11 Å². The van der Waals surface area contributed by atoms with Gasteiger partial charge in [0, 0.05) is 6.54 Å². The molecule has 5 heteroatoms. The number of carbonyl (C=O) groups is 2. The van der Waals surface area contributed by atoms with E-state index in [2.05, 4.69) is 24.5 Å². The molecule has 0 unspecified atom stereocenters. The molecule has 0 fully saturated rings. The van der Waals surface area contributed by atoms with Gasteiger partial charge < -0.3 is 15.7 Å². The van der Waals surface area contributed by atoms with Gasteiger partial charge in [-0.2, -0.15) is 0 Å². The van der Waals surface area contributed by atoms with Gasteiger partial charge in [-0.3, -0.25) is 0 Å². The van der Waals surface area contributed by atoms with Crippen LogP contribution in [0.25, 0.3) is 0 Å². The largest absolute Gasteiger partial charge is 0.480 e. The SMILES string of the molecule is CCC(CC)CNC(=O)N[C@@H](C(=O)O)C(C)C. The first-order valence-electron chi connectivity index (χ1n) is 6.19. The second-order valence-corrected chi connectivity index (χ2v) is 4.60. The van der Waals surface area contributed by atoms with Crippen molar-refractivity contribution in [2.75, 3.05) is 6.54 Å². The molecule has 0 radical (unpaired) electrons. The van der Waals surface area contributed by atoms with Gasteiger partial charge >= 0.3 is 12.0 Å². The molecule has 0 aromatic carbocycles. The first-order chi connectivity index (χ1) is 7.92. The maximum atomic E-state index is 11.5. The predicted molar refractivity (Wildman–Crippen MR) is 66.9 cm³/mol. The standard InChI is InChI=1S/C12H24N2O3/c1-5-9(6-2)7-13-12(17)14-10(8(3)4)11(15)16/h8-10H,5-7H2,1-4H3,(H,15,16)(H2,13,14,17)/t10-/m1/s1. The van der Waals surface area contributed by atoms with Gasteiger partial charge in [-0.05, 0) is 11.8 Å². The van der Waals surface area contributed by atoms with Crippen LogP contribution in [0.4, 0.5) is 4.79 Å². The third kappa shape index (κ3) is 6.14. The molecular formula is C12H24N2O3. The summed E-state index contributed by atoms with van der Waals surface area (Å²) in [5.41, 5.74) is 0. The molecule has 0 rings (SSSR count). The minimum atomic E-state index is -1.00. The van der Waals surface area contributed by atoms with Gasteiger partial charge in [-0.1, -0.05) is 40.5 Å². The van der Waals surface area contributed by atoms with Crippen molar-refractivity contribution in [1.29, 1.82) is 0 Å². The van der Waals surface area contributed by atoms with E-state index in [1.165, 1.54) is 0 Å². The topological polar surface area (TPSA) is 78.4 Å². The second-order valence-electron chi connectivity index (χ2n) is 4.60. The van der Waals surface area contributed by atoms with E-state index in [0.717, 1.165) is 12.8 Å². The van der Waals surface area contributed by atoms with Crippen LogP contribution in [0.2, 0.25) is 0 Å². The van der Waals surface area contributed by atoms with Crippen LogP contribution >= 0.6 is 0 Å². The minimum Gasteiger partial charge on any atom is -0.480 e. The zero-order valence-corrected chi connectivity index (χ0v) is 11.1. The number of carboxylic acid groups (broad SMARTS) is 1. The molecule has 0 saturated carbocycles. The molecule has 0 aliphatic rings. The van der Waals surface area contributed by atoms with Crippen molar-refractivity contribution < 1.29 is 14.7 Å². The molecule has 3 N–H and O–H groups in total. The summed E-state index contributed by atoms with van der Waals surface area (Å²) in [5.74, 6) is -0.688. The summed E-state index contributed by atoms with van der Waals surface area (Å²) in [6, 6.07) is -1.24. The van der Waals surface area contributed by atoms with Crippen LogP contribution in [0.15, 0.2) is 0 Å². The van der Waals surface area contributed by atoms with E-state index in [9.17, 15) is 9.59 Å². The van der Waals surface area contributed by atoms with Crippen molar-refractivity contribution in [2.45, 2.75) is 46.6 Å². The highest BCUT2D eigenvalue weighted by molar-refractivity contribution is 5.82. The van der Waals surface area contributed by atoms with E-state index >= 15 is 0 Å². The molecule has 1 atom stereocenters. The fourth-order valence-electron chi connectivity index (χ4n) is 1.52. The summed E-state index contributed by atoms with van der Waals surface area (Å²) in [6.45, 7) is 8.26. The molecule has 5 nitrogen and oxygen atoms in total. The highest BCUT2D eigenvalue weighted by atomic mass is 16.4. The third-order valence-corrected chi connectivity index (χ3v) is 2.93. The van der Waals surface area contributed by atoms with Gasteiger partial charge in [0.15, 0.2) is 0 Å². The van der Waals surface area contributed by atoms with Crippen molar-refractivity contribution >= 4 is 12.0 Å². The van der Waals surface area contributed by atoms with Crippen molar-refractivity contribution in [2.24, 2.45) is 11.8 Å². The highest BCUT2D eigenvalue weighted by Crippen LogP contribution is 2.05. The highest BCUT2D eigenvalue weighted by Gasteiger charge is 2.23. The molecule has 0 aromatic heterocycles. The Hall–Kier alpha value is -1.26. The number of rotatable bonds is 7. The number of urea groups is 1. The number of carbonyl (C=O) groups excluding carboxylic acids is 1. The Labute approximate surface area is 103 Å². The van der Waals surface area contributed by atoms with Crippen LogP contribution in [0.5, 0.6) is 0 Å². The Morgan fingerprint density at radius 3 is 2.06 bits per heavy atom. The number of hydrogen-bond acceptors (Lipinski definition) is 2. The van der Waals surface area contributed by atoms with Crippen LogP contribution in [0.3, 0.4) is 0 Å². The number of aliphatic carboxylic acids is 1. The molecule has 0 heterocycles. The minimum absolute atomic E-state index is 0.133. The normalized spacial score (nSPS) is 12.6. The van der Waals surface area contributed by atoms with Gasteiger partial charge in [0.25, 0.3) is 0 Å². The second kappa shape index (κ2) is 7.92. The molecule has 0 bridgehead atoms. The van der Waals surface area contributed by atoms with E-state index in [1.54, 1.807) is 13.8 Å². The Morgan fingerprint density at radius 2 is 1.71 bits per heavy atom. The van der Waals surface area contributed by atoms with Gasteiger partial charge in [-0.25, -0.2) is 9.59 Å². The van der Waals surface area contributed by atoms with Crippen LogP contribution in [0, 0.1) is 11.8 Å². The summed E-state index contributed by atoms with van der Waals surface area (Å²) >= 11 is 0. The Morgan fingerprint density at radius 1 is 1.18 bits per heavy atom. The Balaban J connectivity index is 4.11. The fraction of sp³-hybridized carbons (Fsp3) is 0.833. The zero-order valence-electron chi connectivity index (χ0n) is 11.1. The zero-order chi connectivity index (χ0) is 13.4. The van der Waals surface area contributed by atoms with Crippen molar-refractivity contribution in [3.63, 3.8) is 0 Å². The van der Waals surface area contributed by atoms with Gasteiger partial charge in [0.2, 0.25) is 0 Å². The first kappa shape index (κ1) is 15.7. The number of hydrogen-bond donors (Lipinski definition) is 3. The van der Waals surface area contributed by atoms with Gasteiger partial charge in [-0.15, -0.1) is 0 Å². The first-order valence-corrected chi connectivity index (χ1v) is 6.19. The molecule has 2 amide bonds. The Bertz CT molecular complexity index is 250. The van der Waals surface area contributed by atoms with Crippen LogP contribution in [0.1, 0.15) is 40.5 Å². The van der Waals surface area contributed by atoms with Crippen molar-refractivity contribution in [1.82, 2.24) is 10.6 Å². The summed E-state index contributed by atoms with van der Waals surface area (Å²) in [5, 5.41) is 14.1. The predicted octanol–water partition coefficient (Wildman–Crippen LogP) is 1.83. The van der Waals surface area contributed by atoms with E-state index in [1.807, 2.05) is 0 Å². The maximum absolute atomic E-state index is 11.5. The van der Waals surface area contributed by atoms with Gasteiger partial charge in [0.1, 0.15) is 6.04 Å². The van der Waals surface area contributed by atoms with E-state index in [0.29, 0.717) is 12.5 Å². The Kier molecular flexibility index (Phi) is 7.34. The molecule has 0 aliphatic carbocycles. The molecule has 100 valence electrons. The quantitative estimate of drug-likeness (QED) is 0.639. The van der Waals surface area contributed by atoms with E-state index in [-0.39, 0.29) is 5.92 Å². The van der Waals surface area contributed by atoms with Crippen molar-refractivity contribution in [3.05, 3.63) is 0 Å². The number of amides is 2. The lowest BCUT2D eigenvalue weighted by atomic mass is 10.0. The lowest BCUT2D eigenvalue weighted by Crippen LogP contribution is -2.49. The lowest BCUT2D eigenvalue weighted by Gasteiger charge is -2.19. The summed E-state index contributed by atoms with van der Waals surface area (Å²) in [4.78, 5) is 22.4. The third-order valence-electron chi connectivity index (χ3n) is 2.93. The molecule has 0 saturated heterocycles. The molecule has 17 heavy (non-hydrogen) atoms. The average molecular weight is 244 g/mol.